The van der Waals surface area contributed by atoms with Crippen LogP contribution in [0.2, 0.25) is 0 Å². The van der Waals surface area contributed by atoms with Gasteiger partial charge >= 0.3 is 0 Å². The van der Waals surface area contributed by atoms with E-state index in [-0.39, 0.29) is 11.7 Å². The number of rotatable bonds is 6. The molecule has 1 amide bonds. The van der Waals surface area contributed by atoms with Crippen molar-refractivity contribution in [3.05, 3.63) is 34.8 Å². The minimum Gasteiger partial charge on any atom is -0.411 e. The minimum atomic E-state index is -0.186. The summed E-state index contributed by atoms with van der Waals surface area (Å²) in [4.78, 5) is 11.9. The number of anilines is 1. The van der Waals surface area contributed by atoms with Gasteiger partial charge in [-0.3, -0.25) is 10.1 Å². The summed E-state index contributed by atoms with van der Waals surface area (Å²) in [5.74, 6) is 0.429. The number of nitrogens with zero attached hydrogens (tertiary/aromatic N) is 4. The zero-order valence-electron chi connectivity index (χ0n) is 13.1. The van der Waals surface area contributed by atoms with E-state index in [2.05, 4.69) is 25.7 Å². The van der Waals surface area contributed by atoms with Gasteiger partial charge in [0.15, 0.2) is 0 Å². The highest BCUT2D eigenvalue weighted by Crippen LogP contribution is 2.25. The Hall–Kier alpha value is -2.26. The molecule has 0 saturated carbocycles. The molecule has 9 heteroatoms. The summed E-state index contributed by atoms with van der Waals surface area (Å²) in [6.07, 6.45) is 0.798. The molecule has 124 valence electrons. The van der Waals surface area contributed by atoms with E-state index in [0.29, 0.717) is 16.2 Å². The topological polar surface area (TPSA) is 93.8 Å². The number of aromatic nitrogens is 4. The lowest BCUT2D eigenvalue weighted by Gasteiger charge is -1.99. The van der Waals surface area contributed by atoms with Crippen LogP contribution in [0, 0.1) is 6.92 Å². The molecule has 24 heavy (non-hydrogen) atoms. The van der Waals surface area contributed by atoms with E-state index in [0.717, 1.165) is 22.6 Å². The fourth-order valence-electron chi connectivity index (χ4n) is 1.92. The van der Waals surface area contributed by atoms with Crippen molar-refractivity contribution in [1.29, 1.82) is 0 Å². The van der Waals surface area contributed by atoms with Gasteiger partial charge < -0.3 is 4.42 Å². The van der Waals surface area contributed by atoms with E-state index >= 15 is 0 Å². The quantitative estimate of drug-likeness (QED) is 0.674. The SMILES string of the molecule is CCc1nnc(NC(=O)CSc2nnc(-c3ccccc3C)o2)s1. The lowest BCUT2D eigenvalue weighted by atomic mass is 10.1. The monoisotopic (exact) mass is 361 g/mol. The Morgan fingerprint density at radius 2 is 2.08 bits per heavy atom. The van der Waals surface area contributed by atoms with Crippen LogP contribution in [-0.4, -0.2) is 32.1 Å². The Kier molecular flexibility index (Phi) is 5.21. The molecule has 3 aromatic rings. The van der Waals surface area contributed by atoms with Crippen LogP contribution in [0.3, 0.4) is 0 Å². The molecule has 1 N–H and O–H groups in total. The van der Waals surface area contributed by atoms with Crippen LogP contribution in [-0.2, 0) is 11.2 Å². The van der Waals surface area contributed by atoms with E-state index < -0.39 is 0 Å². The highest BCUT2D eigenvalue weighted by atomic mass is 32.2. The van der Waals surface area contributed by atoms with Gasteiger partial charge in [0, 0.05) is 5.56 Å². The fraction of sp³-hybridized carbons (Fsp3) is 0.267. The van der Waals surface area contributed by atoms with Gasteiger partial charge in [-0.15, -0.1) is 20.4 Å². The van der Waals surface area contributed by atoms with Crippen LogP contribution in [0.1, 0.15) is 17.5 Å². The van der Waals surface area contributed by atoms with Gasteiger partial charge in [0.25, 0.3) is 5.22 Å². The van der Waals surface area contributed by atoms with E-state index in [1.807, 2.05) is 38.1 Å². The molecule has 0 fully saturated rings. The van der Waals surface area contributed by atoms with Crippen molar-refractivity contribution in [3.63, 3.8) is 0 Å². The van der Waals surface area contributed by atoms with Crippen LogP contribution < -0.4 is 5.32 Å². The van der Waals surface area contributed by atoms with Gasteiger partial charge in [0.2, 0.25) is 16.9 Å². The molecule has 0 atom stereocenters. The van der Waals surface area contributed by atoms with Gasteiger partial charge in [-0.1, -0.05) is 48.2 Å². The number of hydrogen-bond acceptors (Lipinski definition) is 8. The second-order valence-electron chi connectivity index (χ2n) is 4.88. The van der Waals surface area contributed by atoms with Crippen LogP contribution in [0.5, 0.6) is 0 Å². The Bertz CT molecular complexity index is 846. The normalized spacial score (nSPS) is 10.8. The second kappa shape index (κ2) is 7.54. The van der Waals surface area contributed by atoms with E-state index in [9.17, 15) is 4.79 Å². The van der Waals surface area contributed by atoms with Crippen LogP contribution in [0.15, 0.2) is 33.9 Å². The highest BCUT2D eigenvalue weighted by molar-refractivity contribution is 7.99. The summed E-state index contributed by atoms with van der Waals surface area (Å²) in [6.45, 7) is 3.97. The number of thioether (sulfide) groups is 1. The van der Waals surface area contributed by atoms with Gasteiger partial charge in [0.1, 0.15) is 5.01 Å². The number of aryl methyl sites for hydroxylation is 2. The van der Waals surface area contributed by atoms with Gasteiger partial charge in [-0.25, -0.2) is 0 Å². The fourth-order valence-corrected chi connectivity index (χ4v) is 3.18. The summed E-state index contributed by atoms with van der Waals surface area (Å²) in [7, 11) is 0. The number of benzene rings is 1. The molecule has 7 nitrogen and oxygen atoms in total. The average molecular weight is 361 g/mol. The number of hydrogen-bond donors (Lipinski definition) is 1. The van der Waals surface area contributed by atoms with Gasteiger partial charge in [0.05, 0.1) is 5.75 Å². The van der Waals surface area contributed by atoms with Gasteiger partial charge in [-0.2, -0.15) is 0 Å². The van der Waals surface area contributed by atoms with Crippen molar-refractivity contribution < 1.29 is 9.21 Å². The maximum absolute atomic E-state index is 11.9. The van der Waals surface area contributed by atoms with Crippen molar-refractivity contribution in [1.82, 2.24) is 20.4 Å². The smallest absolute Gasteiger partial charge is 0.277 e. The van der Waals surface area contributed by atoms with Crippen LogP contribution >= 0.6 is 23.1 Å². The van der Waals surface area contributed by atoms with Crippen molar-refractivity contribution in [2.75, 3.05) is 11.1 Å². The van der Waals surface area contributed by atoms with Crippen LogP contribution in [0.4, 0.5) is 5.13 Å². The maximum atomic E-state index is 11.9. The van der Waals surface area contributed by atoms with Crippen molar-refractivity contribution in [3.8, 4) is 11.5 Å². The molecule has 0 bridgehead atoms. The van der Waals surface area contributed by atoms with Crippen LogP contribution in [0.25, 0.3) is 11.5 Å². The average Bonchev–Trinajstić information content (AvgIpc) is 3.22. The third-order valence-corrected chi connectivity index (χ3v) is 4.93. The molecule has 2 heterocycles. The first-order chi connectivity index (χ1) is 11.7. The van der Waals surface area contributed by atoms with E-state index in [4.69, 9.17) is 4.42 Å². The van der Waals surface area contributed by atoms with Crippen molar-refractivity contribution in [2.45, 2.75) is 25.5 Å². The summed E-state index contributed by atoms with van der Waals surface area (Å²) >= 11 is 2.56. The van der Waals surface area contributed by atoms with Crippen molar-refractivity contribution >= 4 is 34.1 Å². The standard InChI is InChI=1S/C15H15N5O2S2/c1-3-12-17-19-14(24-12)16-11(21)8-23-15-20-18-13(22-15)10-7-5-4-6-9(10)2/h4-7H,3,8H2,1-2H3,(H,16,19,21). The molecule has 1 aromatic carbocycles. The number of amides is 1. The minimum absolute atomic E-state index is 0.163. The lowest BCUT2D eigenvalue weighted by molar-refractivity contribution is -0.113. The van der Waals surface area contributed by atoms with Crippen molar-refractivity contribution in [2.24, 2.45) is 0 Å². The zero-order valence-corrected chi connectivity index (χ0v) is 14.8. The maximum Gasteiger partial charge on any atom is 0.277 e. The Morgan fingerprint density at radius 1 is 1.25 bits per heavy atom. The Labute approximate surface area is 146 Å². The molecule has 0 unspecified atom stereocenters. The molecule has 0 aliphatic carbocycles. The molecule has 0 spiro atoms. The lowest BCUT2D eigenvalue weighted by Crippen LogP contribution is -2.13. The first kappa shape index (κ1) is 16.6. The third kappa shape index (κ3) is 3.98. The molecule has 3 rings (SSSR count). The Balaban J connectivity index is 1.57. The molecule has 0 aliphatic rings. The van der Waals surface area contributed by atoms with E-state index in [1.54, 1.807) is 0 Å². The molecule has 0 saturated heterocycles. The first-order valence-corrected chi connectivity index (χ1v) is 9.10. The zero-order chi connectivity index (χ0) is 16.9. The summed E-state index contributed by atoms with van der Waals surface area (Å²) in [5, 5.41) is 20.3. The van der Waals surface area contributed by atoms with E-state index in [1.165, 1.54) is 23.1 Å². The molecule has 2 aromatic heterocycles. The highest BCUT2D eigenvalue weighted by Gasteiger charge is 2.13. The number of carbonyl (C=O) groups excluding carboxylic acids is 1. The predicted octanol–water partition coefficient (Wildman–Crippen LogP) is 3.19. The number of nitrogens with one attached hydrogen (secondary N) is 1. The molecular weight excluding hydrogens is 346 g/mol. The summed E-state index contributed by atoms with van der Waals surface area (Å²) < 4.78 is 5.61. The Morgan fingerprint density at radius 3 is 2.83 bits per heavy atom. The summed E-state index contributed by atoms with van der Waals surface area (Å²) in [5.41, 5.74) is 1.95. The summed E-state index contributed by atoms with van der Waals surface area (Å²) in [6, 6.07) is 7.77. The number of carbonyl (C=O) groups is 1. The largest absolute Gasteiger partial charge is 0.411 e. The van der Waals surface area contributed by atoms with Gasteiger partial charge in [-0.05, 0) is 25.0 Å². The second-order valence-corrected chi connectivity index (χ2v) is 6.87. The molecule has 0 radical (unpaired) electrons. The first-order valence-electron chi connectivity index (χ1n) is 7.30. The predicted molar refractivity (Wildman–Crippen MR) is 93.1 cm³/mol. The molecular formula is C15H15N5O2S2. The third-order valence-electron chi connectivity index (χ3n) is 3.12. The molecule has 0 aliphatic heterocycles.